The summed E-state index contributed by atoms with van der Waals surface area (Å²) >= 11 is 3.33. The first kappa shape index (κ1) is 17.8. The second kappa shape index (κ2) is 7.11. The summed E-state index contributed by atoms with van der Waals surface area (Å²) in [5, 5.41) is 0. The zero-order chi connectivity index (χ0) is 18.0. The summed E-state index contributed by atoms with van der Waals surface area (Å²) in [7, 11) is -3.61. The lowest BCUT2D eigenvalue weighted by atomic mass is 10.1. The van der Waals surface area contributed by atoms with E-state index in [-0.39, 0.29) is 10.9 Å². The Morgan fingerprint density at radius 3 is 2.52 bits per heavy atom. The molecule has 5 nitrogen and oxygen atoms in total. The molecule has 1 heterocycles. The van der Waals surface area contributed by atoms with Gasteiger partial charge in [-0.05, 0) is 49.2 Å². The van der Waals surface area contributed by atoms with Gasteiger partial charge in [-0.2, -0.15) is 0 Å². The van der Waals surface area contributed by atoms with Gasteiger partial charge in [0.15, 0.2) is 0 Å². The first-order chi connectivity index (χ1) is 11.9. The highest BCUT2D eigenvalue weighted by atomic mass is 79.9. The quantitative estimate of drug-likeness (QED) is 0.679. The SMILES string of the molecule is Cc1ccc(Br)cc1S(=O)(=O)N[C@@H](C)c1ccc(-n2ccnc2)cc1. The molecule has 0 spiro atoms. The van der Waals surface area contributed by atoms with Crippen LogP contribution < -0.4 is 4.72 Å². The van der Waals surface area contributed by atoms with Crippen LogP contribution in [0.5, 0.6) is 0 Å². The molecule has 0 aliphatic carbocycles. The number of halogens is 1. The summed E-state index contributed by atoms with van der Waals surface area (Å²) in [6.45, 7) is 3.61. The molecule has 25 heavy (non-hydrogen) atoms. The molecule has 3 rings (SSSR count). The molecule has 0 unspecified atom stereocenters. The van der Waals surface area contributed by atoms with Gasteiger partial charge in [0.05, 0.1) is 11.2 Å². The Morgan fingerprint density at radius 1 is 1.16 bits per heavy atom. The van der Waals surface area contributed by atoms with Gasteiger partial charge in [-0.25, -0.2) is 18.1 Å². The third-order valence-electron chi connectivity index (χ3n) is 3.97. The van der Waals surface area contributed by atoms with E-state index < -0.39 is 10.0 Å². The maximum Gasteiger partial charge on any atom is 0.241 e. The molecule has 0 amide bonds. The van der Waals surface area contributed by atoms with Gasteiger partial charge < -0.3 is 4.57 Å². The lowest BCUT2D eigenvalue weighted by Gasteiger charge is -2.16. The number of hydrogen-bond donors (Lipinski definition) is 1. The van der Waals surface area contributed by atoms with Crippen molar-refractivity contribution >= 4 is 26.0 Å². The fraction of sp³-hybridized carbons (Fsp3) is 0.167. The third kappa shape index (κ3) is 4.00. The Morgan fingerprint density at radius 2 is 1.88 bits per heavy atom. The molecule has 1 aromatic heterocycles. The van der Waals surface area contributed by atoms with Gasteiger partial charge in [0.25, 0.3) is 0 Å². The monoisotopic (exact) mass is 419 g/mol. The molecule has 2 aromatic carbocycles. The van der Waals surface area contributed by atoms with Gasteiger partial charge >= 0.3 is 0 Å². The van der Waals surface area contributed by atoms with Crippen LogP contribution >= 0.6 is 15.9 Å². The number of sulfonamides is 1. The van der Waals surface area contributed by atoms with Gasteiger partial charge in [0.2, 0.25) is 10.0 Å². The van der Waals surface area contributed by atoms with Gasteiger partial charge in [0.1, 0.15) is 0 Å². The van der Waals surface area contributed by atoms with Crippen molar-refractivity contribution in [3.05, 3.63) is 76.8 Å². The van der Waals surface area contributed by atoms with Crippen molar-refractivity contribution in [1.82, 2.24) is 14.3 Å². The highest BCUT2D eigenvalue weighted by molar-refractivity contribution is 9.10. The molecule has 0 bridgehead atoms. The Bertz CT molecular complexity index is 968. The minimum atomic E-state index is -3.61. The van der Waals surface area contributed by atoms with E-state index in [0.717, 1.165) is 15.7 Å². The number of rotatable bonds is 5. The van der Waals surface area contributed by atoms with Gasteiger partial charge in [-0.3, -0.25) is 0 Å². The van der Waals surface area contributed by atoms with E-state index >= 15 is 0 Å². The van der Waals surface area contributed by atoms with E-state index in [1.807, 2.05) is 48.0 Å². The summed E-state index contributed by atoms with van der Waals surface area (Å²) in [6, 6.07) is 12.6. The molecule has 0 saturated heterocycles. The average molecular weight is 420 g/mol. The Labute approximate surface area is 155 Å². The maximum absolute atomic E-state index is 12.7. The van der Waals surface area contributed by atoms with E-state index in [9.17, 15) is 8.42 Å². The van der Waals surface area contributed by atoms with Crippen molar-refractivity contribution in [2.75, 3.05) is 0 Å². The predicted octanol–water partition coefficient (Wildman–Crippen LogP) is 3.98. The number of imidazole rings is 1. The largest absolute Gasteiger partial charge is 0.306 e. The summed E-state index contributed by atoms with van der Waals surface area (Å²) in [6.07, 6.45) is 5.29. The minimum Gasteiger partial charge on any atom is -0.306 e. The summed E-state index contributed by atoms with van der Waals surface area (Å²) in [5.41, 5.74) is 2.57. The lowest BCUT2D eigenvalue weighted by Crippen LogP contribution is -2.27. The molecule has 0 aliphatic rings. The van der Waals surface area contributed by atoms with Crippen molar-refractivity contribution in [3.63, 3.8) is 0 Å². The van der Waals surface area contributed by atoms with Crippen molar-refractivity contribution in [1.29, 1.82) is 0 Å². The van der Waals surface area contributed by atoms with E-state index in [0.29, 0.717) is 5.56 Å². The van der Waals surface area contributed by atoms with Crippen molar-refractivity contribution in [3.8, 4) is 5.69 Å². The third-order valence-corrected chi connectivity index (χ3v) is 6.14. The van der Waals surface area contributed by atoms with Crippen LogP contribution in [0.2, 0.25) is 0 Å². The number of benzene rings is 2. The molecule has 0 radical (unpaired) electrons. The average Bonchev–Trinajstić information content (AvgIpc) is 3.11. The Balaban J connectivity index is 1.81. The van der Waals surface area contributed by atoms with Gasteiger partial charge in [0, 0.05) is 28.6 Å². The van der Waals surface area contributed by atoms with Gasteiger partial charge in [-0.15, -0.1) is 0 Å². The minimum absolute atomic E-state index is 0.281. The highest BCUT2D eigenvalue weighted by Crippen LogP contribution is 2.23. The lowest BCUT2D eigenvalue weighted by molar-refractivity contribution is 0.566. The summed E-state index contributed by atoms with van der Waals surface area (Å²) < 4.78 is 30.8. The fourth-order valence-electron chi connectivity index (χ4n) is 2.57. The first-order valence-corrected chi connectivity index (χ1v) is 10.0. The van der Waals surface area contributed by atoms with Crippen LogP contribution in [0.15, 0.2) is 70.6 Å². The Kier molecular flexibility index (Phi) is 5.08. The Hall–Kier alpha value is -1.96. The summed E-state index contributed by atoms with van der Waals surface area (Å²) in [5.74, 6) is 0. The number of nitrogens with zero attached hydrogens (tertiary/aromatic N) is 2. The molecular weight excluding hydrogens is 402 g/mol. The van der Waals surface area contributed by atoms with Crippen LogP contribution in [-0.2, 0) is 10.0 Å². The second-order valence-corrected chi connectivity index (χ2v) is 8.41. The number of aromatic nitrogens is 2. The summed E-state index contributed by atoms with van der Waals surface area (Å²) in [4.78, 5) is 4.30. The van der Waals surface area contributed by atoms with Crippen LogP contribution in [0, 0.1) is 6.92 Å². The van der Waals surface area contributed by atoms with Crippen LogP contribution in [-0.4, -0.2) is 18.0 Å². The predicted molar refractivity (Wildman–Crippen MR) is 101 cm³/mol. The molecule has 0 fully saturated rings. The normalized spacial score (nSPS) is 12.9. The standard InChI is InChI=1S/C18H18BrN3O2S/c1-13-3-6-16(19)11-18(13)25(23,24)21-14(2)15-4-7-17(8-5-15)22-10-9-20-12-22/h3-12,14,21H,1-2H3/t14-/m0/s1. The molecule has 130 valence electrons. The topological polar surface area (TPSA) is 64.0 Å². The highest BCUT2D eigenvalue weighted by Gasteiger charge is 2.20. The van der Waals surface area contributed by atoms with Crippen LogP contribution in [0.4, 0.5) is 0 Å². The zero-order valence-corrected chi connectivity index (χ0v) is 16.3. The number of hydrogen-bond acceptors (Lipinski definition) is 3. The van der Waals surface area contributed by atoms with Crippen LogP contribution in [0.3, 0.4) is 0 Å². The zero-order valence-electron chi connectivity index (χ0n) is 13.8. The molecule has 3 aromatic rings. The number of nitrogens with one attached hydrogen (secondary N) is 1. The second-order valence-electron chi connectivity index (χ2n) is 5.81. The first-order valence-electron chi connectivity index (χ1n) is 7.73. The van der Waals surface area contributed by atoms with Gasteiger partial charge in [-0.1, -0.05) is 34.1 Å². The number of aryl methyl sites for hydroxylation is 1. The van der Waals surface area contributed by atoms with E-state index in [1.165, 1.54) is 0 Å². The van der Waals surface area contributed by atoms with Crippen LogP contribution in [0.1, 0.15) is 24.1 Å². The van der Waals surface area contributed by atoms with Crippen molar-refractivity contribution in [2.45, 2.75) is 24.8 Å². The molecule has 1 N–H and O–H groups in total. The van der Waals surface area contributed by atoms with Crippen molar-refractivity contribution < 1.29 is 8.42 Å². The van der Waals surface area contributed by atoms with Crippen LogP contribution in [0.25, 0.3) is 5.69 Å². The molecule has 1 atom stereocenters. The van der Waals surface area contributed by atoms with E-state index in [4.69, 9.17) is 0 Å². The molecular formula is C18H18BrN3O2S. The fourth-order valence-corrected chi connectivity index (χ4v) is 4.59. The molecule has 0 saturated carbocycles. The van der Waals surface area contributed by atoms with Crippen molar-refractivity contribution in [2.24, 2.45) is 0 Å². The van der Waals surface area contributed by atoms with E-state index in [1.54, 1.807) is 31.6 Å². The van der Waals surface area contributed by atoms with E-state index in [2.05, 4.69) is 25.6 Å². The smallest absolute Gasteiger partial charge is 0.241 e. The molecule has 7 heteroatoms. The maximum atomic E-state index is 12.7. The molecule has 0 aliphatic heterocycles.